The third kappa shape index (κ3) is 4.27. The minimum Gasteiger partial charge on any atom is -0.336 e. The first-order valence-corrected chi connectivity index (χ1v) is 7.87. The third-order valence-corrected chi connectivity index (χ3v) is 4.41. The van der Waals surface area contributed by atoms with E-state index in [2.05, 4.69) is 5.32 Å². The smallest absolute Gasteiger partial charge is 0.223 e. The molecule has 1 N–H and O–H groups in total. The summed E-state index contributed by atoms with van der Waals surface area (Å²) in [7, 11) is 0. The largest absolute Gasteiger partial charge is 0.336 e. The van der Waals surface area contributed by atoms with Crippen LogP contribution in [-0.2, 0) is 4.79 Å². The predicted octanol–water partition coefficient (Wildman–Crippen LogP) is 3.12. The quantitative estimate of drug-likeness (QED) is 0.873. The van der Waals surface area contributed by atoms with E-state index in [0.29, 0.717) is 18.9 Å². The molecule has 0 aromatic heterocycles. The lowest BCUT2D eigenvalue weighted by Gasteiger charge is -2.29. The lowest BCUT2D eigenvalue weighted by atomic mass is 10.0. The van der Waals surface area contributed by atoms with E-state index in [4.69, 9.17) is 0 Å². The highest BCUT2D eigenvalue weighted by Gasteiger charge is 2.22. The van der Waals surface area contributed by atoms with E-state index in [9.17, 15) is 9.18 Å². The zero-order valence-electron chi connectivity index (χ0n) is 12.9. The van der Waals surface area contributed by atoms with Crippen LogP contribution in [0.25, 0.3) is 0 Å². The number of rotatable bonds is 6. The van der Waals surface area contributed by atoms with Crippen molar-refractivity contribution in [3.63, 3.8) is 0 Å². The number of amides is 1. The highest BCUT2D eigenvalue weighted by atomic mass is 19.1. The molecule has 0 saturated carbocycles. The van der Waals surface area contributed by atoms with Crippen LogP contribution in [0, 0.1) is 11.7 Å². The Kier molecular flexibility index (Phi) is 5.74. The molecule has 21 heavy (non-hydrogen) atoms. The molecule has 3 nitrogen and oxygen atoms in total. The molecule has 1 aliphatic rings. The second-order valence-electron chi connectivity index (χ2n) is 5.80. The van der Waals surface area contributed by atoms with Gasteiger partial charge in [-0.05, 0) is 63.4 Å². The summed E-state index contributed by atoms with van der Waals surface area (Å²) in [6.07, 6.45) is 2.73. The van der Waals surface area contributed by atoms with E-state index < -0.39 is 0 Å². The van der Waals surface area contributed by atoms with Crippen LogP contribution in [0.4, 0.5) is 4.39 Å². The summed E-state index contributed by atoms with van der Waals surface area (Å²) in [4.78, 5) is 14.3. The number of hydrogen-bond donors (Lipinski definition) is 1. The maximum Gasteiger partial charge on any atom is 0.223 e. The number of benzene rings is 1. The number of carbonyl (C=O) groups excluding carboxylic acids is 1. The molecule has 116 valence electrons. The number of nitrogens with one attached hydrogen (secondary N) is 1. The van der Waals surface area contributed by atoms with Crippen LogP contribution in [0.5, 0.6) is 0 Å². The Bertz CT molecular complexity index is 454. The lowest BCUT2D eigenvalue weighted by Crippen LogP contribution is -2.33. The van der Waals surface area contributed by atoms with Crippen LogP contribution < -0.4 is 5.32 Å². The molecule has 1 aromatic carbocycles. The van der Waals surface area contributed by atoms with Crippen molar-refractivity contribution in [3.05, 3.63) is 35.6 Å². The Labute approximate surface area is 126 Å². The van der Waals surface area contributed by atoms with Gasteiger partial charge >= 0.3 is 0 Å². The van der Waals surface area contributed by atoms with Crippen molar-refractivity contribution in [2.45, 2.75) is 39.2 Å². The van der Waals surface area contributed by atoms with E-state index in [1.165, 1.54) is 18.6 Å². The van der Waals surface area contributed by atoms with Crippen LogP contribution >= 0.6 is 0 Å². The van der Waals surface area contributed by atoms with Crippen molar-refractivity contribution >= 4 is 5.91 Å². The molecule has 2 unspecified atom stereocenters. The summed E-state index contributed by atoms with van der Waals surface area (Å²) in [5.74, 6) is 0.587. The highest BCUT2D eigenvalue weighted by Crippen LogP contribution is 2.23. The minimum atomic E-state index is -0.242. The maximum absolute atomic E-state index is 13.0. The van der Waals surface area contributed by atoms with E-state index in [1.54, 1.807) is 12.1 Å². The molecule has 2 atom stereocenters. The van der Waals surface area contributed by atoms with Crippen molar-refractivity contribution < 1.29 is 9.18 Å². The van der Waals surface area contributed by atoms with Gasteiger partial charge in [-0.3, -0.25) is 4.79 Å². The maximum atomic E-state index is 13.0. The van der Waals surface area contributed by atoms with Gasteiger partial charge in [-0.2, -0.15) is 0 Å². The van der Waals surface area contributed by atoms with Crippen LogP contribution in [0.1, 0.15) is 44.7 Å². The highest BCUT2D eigenvalue weighted by molar-refractivity contribution is 5.76. The van der Waals surface area contributed by atoms with Crippen LogP contribution in [0.15, 0.2) is 24.3 Å². The summed E-state index contributed by atoms with van der Waals surface area (Å²) in [5, 5.41) is 3.33. The molecule has 0 radical (unpaired) electrons. The molecule has 0 bridgehead atoms. The number of halogens is 1. The Balaban J connectivity index is 1.93. The van der Waals surface area contributed by atoms with Gasteiger partial charge in [0.1, 0.15) is 5.82 Å². The third-order valence-electron chi connectivity index (χ3n) is 4.41. The molecular weight excluding hydrogens is 267 g/mol. The van der Waals surface area contributed by atoms with Gasteiger partial charge in [-0.25, -0.2) is 4.39 Å². The van der Waals surface area contributed by atoms with Gasteiger partial charge in [0.05, 0.1) is 6.04 Å². The molecule has 4 heteroatoms. The first-order valence-electron chi connectivity index (χ1n) is 7.87. The molecule has 1 amide bonds. The summed E-state index contributed by atoms with van der Waals surface area (Å²) in [6.45, 7) is 6.79. The average Bonchev–Trinajstić information content (AvgIpc) is 3.00. The standard InChI is InChI=1S/C17H25FN2O/c1-3-20(13(2)15-5-7-16(18)8-6-15)17(21)9-4-14-10-11-19-12-14/h5-8,13-14,19H,3-4,9-12H2,1-2H3. The summed E-state index contributed by atoms with van der Waals surface area (Å²) in [6, 6.07) is 6.42. The molecule has 1 saturated heterocycles. The van der Waals surface area contributed by atoms with Crippen LogP contribution in [0.3, 0.4) is 0 Å². The van der Waals surface area contributed by atoms with Gasteiger partial charge in [0.2, 0.25) is 5.91 Å². The Morgan fingerprint density at radius 3 is 2.71 bits per heavy atom. The van der Waals surface area contributed by atoms with Crippen molar-refractivity contribution in [1.82, 2.24) is 10.2 Å². The van der Waals surface area contributed by atoms with Crippen molar-refractivity contribution in [1.29, 1.82) is 0 Å². The van der Waals surface area contributed by atoms with E-state index >= 15 is 0 Å². The SMILES string of the molecule is CCN(C(=O)CCC1CCNC1)C(C)c1ccc(F)cc1. The fraction of sp³-hybridized carbons (Fsp3) is 0.588. The molecule has 0 spiro atoms. The van der Waals surface area contributed by atoms with Crippen molar-refractivity contribution in [3.8, 4) is 0 Å². The monoisotopic (exact) mass is 292 g/mol. The topological polar surface area (TPSA) is 32.3 Å². The molecule has 1 aliphatic heterocycles. The molecule has 1 heterocycles. The van der Waals surface area contributed by atoms with Gasteiger partial charge in [0.25, 0.3) is 0 Å². The number of carbonyl (C=O) groups is 1. The number of nitrogens with zero attached hydrogens (tertiary/aromatic N) is 1. The Morgan fingerprint density at radius 2 is 2.14 bits per heavy atom. The predicted molar refractivity (Wildman–Crippen MR) is 82.4 cm³/mol. The number of hydrogen-bond acceptors (Lipinski definition) is 2. The molecule has 0 aliphatic carbocycles. The molecule has 2 rings (SSSR count). The van der Waals surface area contributed by atoms with Gasteiger partial charge < -0.3 is 10.2 Å². The van der Waals surface area contributed by atoms with Crippen molar-refractivity contribution in [2.24, 2.45) is 5.92 Å². The zero-order valence-corrected chi connectivity index (χ0v) is 12.9. The second kappa shape index (κ2) is 7.55. The lowest BCUT2D eigenvalue weighted by molar-refractivity contribution is -0.133. The van der Waals surface area contributed by atoms with Gasteiger partial charge in [0.15, 0.2) is 0 Å². The second-order valence-corrected chi connectivity index (χ2v) is 5.80. The average molecular weight is 292 g/mol. The van der Waals surface area contributed by atoms with Crippen LogP contribution in [0.2, 0.25) is 0 Å². The normalized spacial score (nSPS) is 19.5. The molecule has 1 fully saturated rings. The molecule has 1 aromatic rings. The minimum absolute atomic E-state index is 0.00944. The van der Waals surface area contributed by atoms with Crippen molar-refractivity contribution in [2.75, 3.05) is 19.6 Å². The first-order chi connectivity index (χ1) is 10.1. The fourth-order valence-electron chi connectivity index (χ4n) is 3.02. The van der Waals surface area contributed by atoms with Gasteiger partial charge in [-0.15, -0.1) is 0 Å². The van der Waals surface area contributed by atoms with Crippen LogP contribution in [-0.4, -0.2) is 30.4 Å². The Morgan fingerprint density at radius 1 is 1.43 bits per heavy atom. The summed E-state index contributed by atoms with van der Waals surface area (Å²) >= 11 is 0. The van der Waals surface area contributed by atoms with Gasteiger partial charge in [0, 0.05) is 13.0 Å². The molecular formula is C17H25FN2O. The van der Waals surface area contributed by atoms with E-state index in [1.807, 2.05) is 18.7 Å². The first kappa shape index (κ1) is 16.0. The summed E-state index contributed by atoms with van der Waals surface area (Å²) < 4.78 is 13.0. The van der Waals surface area contributed by atoms with Gasteiger partial charge in [-0.1, -0.05) is 12.1 Å². The fourth-order valence-corrected chi connectivity index (χ4v) is 3.02. The van der Waals surface area contributed by atoms with E-state index in [0.717, 1.165) is 25.1 Å². The van der Waals surface area contributed by atoms with E-state index in [-0.39, 0.29) is 17.8 Å². The Hall–Kier alpha value is -1.42. The zero-order chi connectivity index (χ0) is 15.2. The summed E-state index contributed by atoms with van der Waals surface area (Å²) in [5.41, 5.74) is 0.981.